The van der Waals surface area contributed by atoms with Crippen LogP contribution in [0.4, 0.5) is 8.78 Å². The molecule has 1 aliphatic heterocycles. The highest BCUT2D eigenvalue weighted by molar-refractivity contribution is 8.04. The zero-order valence-corrected chi connectivity index (χ0v) is 27.2. The highest BCUT2D eigenvalue weighted by atomic mass is 32.2. The number of rotatable bonds is 12. The maximum Gasteiger partial charge on any atom is 0.387 e. The molecule has 0 saturated carbocycles. The van der Waals surface area contributed by atoms with Gasteiger partial charge in [-0.05, 0) is 55.2 Å². The Morgan fingerprint density at radius 2 is 1.86 bits per heavy atom. The fourth-order valence-corrected chi connectivity index (χ4v) is 6.71. The number of fused-ring (bicyclic) bond motifs is 1. The molecule has 0 fully saturated rings. The fourth-order valence-electron chi connectivity index (χ4n) is 4.49. The monoisotopic (exact) mass is 635 g/mol. The summed E-state index contributed by atoms with van der Waals surface area (Å²) in [4.78, 5) is 18.6. The summed E-state index contributed by atoms with van der Waals surface area (Å²) in [6.07, 6.45) is 2.60. The van der Waals surface area contributed by atoms with Crippen LogP contribution in [0.5, 0.6) is 5.75 Å². The Hall–Kier alpha value is -3.13. The Morgan fingerprint density at radius 1 is 1.16 bits per heavy atom. The van der Waals surface area contributed by atoms with E-state index in [2.05, 4.69) is 38.8 Å². The quantitative estimate of drug-likeness (QED) is 0.203. The van der Waals surface area contributed by atoms with Crippen molar-refractivity contribution in [2.75, 3.05) is 6.54 Å². The van der Waals surface area contributed by atoms with E-state index < -0.39 is 32.4 Å². The summed E-state index contributed by atoms with van der Waals surface area (Å²) in [6, 6.07) is 8.52. The molecule has 0 bridgehead atoms. The zero-order chi connectivity index (χ0) is 31.7. The molecule has 3 heterocycles. The number of aromatic nitrogens is 2. The number of hydrogen-bond donors (Lipinski definition) is 2. The number of carboxylic acid groups (broad SMARTS) is 1. The summed E-state index contributed by atoms with van der Waals surface area (Å²) < 4.78 is 46.3. The van der Waals surface area contributed by atoms with Gasteiger partial charge in [-0.1, -0.05) is 50.7 Å². The minimum atomic E-state index is -3.06. The van der Waals surface area contributed by atoms with E-state index >= 15 is 0 Å². The summed E-state index contributed by atoms with van der Waals surface area (Å²) in [6.45, 7) is 11.6. The lowest BCUT2D eigenvalue weighted by molar-refractivity contribution is -0.132. The van der Waals surface area contributed by atoms with Gasteiger partial charge in [0.1, 0.15) is 22.9 Å². The smallest absolute Gasteiger partial charge is 0.387 e. The molecule has 1 aliphatic rings. The second kappa shape index (κ2) is 12.8. The van der Waals surface area contributed by atoms with Gasteiger partial charge in [-0.2, -0.15) is 8.78 Å². The van der Waals surface area contributed by atoms with E-state index in [1.807, 2.05) is 11.3 Å². The molecule has 1 unspecified atom stereocenters. The molecule has 0 saturated heterocycles. The number of halogens is 2. The van der Waals surface area contributed by atoms with Crippen molar-refractivity contribution in [3.8, 4) is 5.75 Å². The van der Waals surface area contributed by atoms with Crippen LogP contribution in [0.2, 0.25) is 18.1 Å². The van der Waals surface area contributed by atoms with Crippen molar-refractivity contribution in [2.45, 2.75) is 84.1 Å². The van der Waals surface area contributed by atoms with E-state index in [-0.39, 0.29) is 34.8 Å². The number of thioether (sulfide) groups is 1. The lowest BCUT2D eigenvalue weighted by Gasteiger charge is -2.36. The third-order valence-electron chi connectivity index (χ3n) is 7.96. The Labute approximate surface area is 255 Å². The second-order valence-corrected chi connectivity index (χ2v) is 17.8. The first-order chi connectivity index (χ1) is 20.2. The standard InChI is InChI=1S/C30H39F2N3O6SSi/c1-8-34-26(25(28(37)38)42-27(34)22-14-33-24-12-10-20(16-36)15-35(22)24)40-18(2)21-11-9-19(13-23(21)41-29(31)32)17-39-43(6,7)30(3,4)5/h9-15,18,27,29,36H,8,16-17H2,1-7H3,(H,37,38)/t18-,27?/m1/s1. The van der Waals surface area contributed by atoms with E-state index in [0.29, 0.717) is 34.6 Å². The predicted octanol–water partition coefficient (Wildman–Crippen LogP) is 7.05. The summed E-state index contributed by atoms with van der Waals surface area (Å²) in [5.74, 6) is -1.10. The highest BCUT2D eigenvalue weighted by Crippen LogP contribution is 2.49. The van der Waals surface area contributed by atoms with Crippen molar-refractivity contribution in [2.24, 2.45) is 0 Å². The van der Waals surface area contributed by atoms with Gasteiger partial charge in [0.05, 0.1) is 25.1 Å². The van der Waals surface area contributed by atoms with Gasteiger partial charge >= 0.3 is 12.6 Å². The second-order valence-electron chi connectivity index (χ2n) is 11.9. The number of hydrogen-bond acceptors (Lipinski definition) is 8. The SMILES string of the molecule is CCN1C(O[C@H](C)c2ccc(CO[Si](C)(C)C(C)(C)C)cc2OC(F)F)=C(C(=O)O)SC1c1cnc2ccc(CO)cn12. The van der Waals surface area contributed by atoms with Gasteiger partial charge in [-0.25, -0.2) is 9.78 Å². The van der Waals surface area contributed by atoms with Gasteiger partial charge in [0.25, 0.3) is 0 Å². The first-order valence-corrected chi connectivity index (χ1v) is 17.8. The normalized spacial score (nSPS) is 16.8. The molecule has 0 amide bonds. The summed E-state index contributed by atoms with van der Waals surface area (Å²) >= 11 is 1.10. The first-order valence-electron chi connectivity index (χ1n) is 14.0. The van der Waals surface area contributed by atoms with Crippen molar-refractivity contribution in [3.05, 3.63) is 75.9 Å². The third kappa shape index (κ3) is 7.00. The lowest BCUT2D eigenvalue weighted by Crippen LogP contribution is -2.40. The molecule has 0 spiro atoms. The molecule has 43 heavy (non-hydrogen) atoms. The molecule has 3 aromatic rings. The Balaban J connectivity index is 1.63. The van der Waals surface area contributed by atoms with Crippen LogP contribution in [0.3, 0.4) is 0 Å². The number of ether oxygens (including phenoxy) is 2. The molecule has 4 rings (SSSR count). The van der Waals surface area contributed by atoms with E-state index in [1.54, 1.807) is 48.5 Å². The van der Waals surface area contributed by atoms with E-state index in [9.17, 15) is 23.8 Å². The number of nitrogens with zero attached hydrogens (tertiary/aromatic N) is 3. The van der Waals surface area contributed by atoms with Gasteiger partial charge in [0.2, 0.25) is 5.88 Å². The van der Waals surface area contributed by atoms with Crippen LogP contribution < -0.4 is 4.74 Å². The minimum absolute atomic E-state index is 0.0114. The molecule has 1 aromatic carbocycles. The van der Waals surface area contributed by atoms with Crippen molar-refractivity contribution in [3.63, 3.8) is 0 Å². The van der Waals surface area contributed by atoms with Crippen LogP contribution in [-0.2, 0) is 27.2 Å². The van der Waals surface area contributed by atoms with E-state index in [4.69, 9.17) is 13.9 Å². The average Bonchev–Trinajstić information content (AvgIpc) is 3.51. The Kier molecular flexibility index (Phi) is 9.79. The number of alkyl halides is 2. The maximum atomic E-state index is 13.5. The van der Waals surface area contributed by atoms with Gasteiger partial charge < -0.3 is 33.4 Å². The first kappa shape index (κ1) is 32.8. The topological polar surface area (TPSA) is 106 Å². The molecule has 2 aromatic heterocycles. The summed E-state index contributed by atoms with van der Waals surface area (Å²) in [5.41, 5.74) is 3.06. The minimum Gasteiger partial charge on any atom is -0.477 e. The molecule has 9 nitrogen and oxygen atoms in total. The molecule has 234 valence electrons. The molecule has 2 N–H and O–H groups in total. The van der Waals surface area contributed by atoms with E-state index in [0.717, 1.165) is 11.8 Å². The summed E-state index contributed by atoms with van der Waals surface area (Å²) in [7, 11) is -2.08. The van der Waals surface area contributed by atoms with Crippen LogP contribution in [-0.4, -0.2) is 51.9 Å². The number of aliphatic hydroxyl groups is 1. The predicted molar refractivity (Wildman–Crippen MR) is 163 cm³/mol. The van der Waals surface area contributed by atoms with Gasteiger partial charge in [0.15, 0.2) is 13.2 Å². The van der Waals surface area contributed by atoms with Crippen LogP contribution in [0.1, 0.15) is 68.5 Å². The highest BCUT2D eigenvalue weighted by Gasteiger charge is 2.40. The maximum absolute atomic E-state index is 13.5. The zero-order valence-electron chi connectivity index (χ0n) is 25.4. The van der Waals surface area contributed by atoms with Gasteiger partial charge in [-0.15, -0.1) is 0 Å². The van der Waals surface area contributed by atoms with Crippen molar-refractivity contribution in [1.29, 1.82) is 0 Å². The van der Waals surface area contributed by atoms with Crippen LogP contribution in [0, 0.1) is 0 Å². The molecule has 0 radical (unpaired) electrons. The largest absolute Gasteiger partial charge is 0.477 e. The lowest BCUT2D eigenvalue weighted by atomic mass is 10.1. The molecule has 13 heteroatoms. The number of benzene rings is 1. The fraction of sp³-hybridized carbons (Fsp3) is 0.467. The van der Waals surface area contributed by atoms with E-state index in [1.165, 1.54) is 6.07 Å². The summed E-state index contributed by atoms with van der Waals surface area (Å²) in [5, 5.41) is 19.2. The van der Waals surface area contributed by atoms with Crippen LogP contribution in [0.15, 0.2) is 53.5 Å². The Bertz CT molecular complexity index is 1510. The molecular weight excluding hydrogens is 596 g/mol. The average molecular weight is 636 g/mol. The van der Waals surface area contributed by atoms with Gasteiger partial charge in [-0.3, -0.25) is 0 Å². The number of imidazole rings is 1. The van der Waals surface area contributed by atoms with Crippen molar-refractivity contribution >= 4 is 31.7 Å². The third-order valence-corrected chi connectivity index (χ3v) is 13.7. The van der Waals surface area contributed by atoms with Crippen LogP contribution in [0.25, 0.3) is 5.65 Å². The van der Waals surface area contributed by atoms with Gasteiger partial charge in [0, 0.05) is 18.3 Å². The number of pyridine rings is 1. The van der Waals surface area contributed by atoms with Crippen molar-refractivity contribution in [1.82, 2.24) is 14.3 Å². The molecule has 2 atom stereocenters. The number of aliphatic hydroxyl groups excluding tert-OH is 1. The molecular formula is C30H39F2N3O6SSi. The Morgan fingerprint density at radius 3 is 2.47 bits per heavy atom. The van der Waals surface area contributed by atoms with Crippen LogP contribution >= 0.6 is 11.8 Å². The number of carbonyl (C=O) groups is 1. The number of aliphatic carboxylic acids is 1. The van der Waals surface area contributed by atoms with Crippen molar-refractivity contribution < 1.29 is 37.7 Å². The molecule has 0 aliphatic carbocycles. The number of carboxylic acids is 1.